The van der Waals surface area contributed by atoms with Crippen molar-refractivity contribution in [1.29, 1.82) is 0 Å². The van der Waals surface area contributed by atoms with Gasteiger partial charge in [0.15, 0.2) is 0 Å². The molecule has 0 fully saturated rings. The Labute approximate surface area is 115 Å². The van der Waals surface area contributed by atoms with E-state index in [1.807, 2.05) is 24.3 Å². The van der Waals surface area contributed by atoms with Crippen molar-refractivity contribution in [2.75, 3.05) is 12.4 Å². The monoisotopic (exact) mass is 285 g/mol. The third-order valence-corrected chi connectivity index (χ3v) is 3.51. The van der Waals surface area contributed by atoms with Gasteiger partial charge in [-0.3, -0.25) is 0 Å². The summed E-state index contributed by atoms with van der Waals surface area (Å²) in [6, 6.07) is 7.58. The van der Waals surface area contributed by atoms with Crippen LogP contribution >= 0.6 is 0 Å². The number of unbranched alkanes of at least 4 members (excludes halogenated alkanes) is 3. The second kappa shape index (κ2) is 8.17. The van der Waals surface area contributed by atoms with Gasteiger partial charge in [-0.25, -0.2) is 8.42 Å². The van der Waals surface area contributed by atoms with Gasteiger partial charge < -0.3 is 9.29 Å². The highest BCUT2D eigenvalue weighted by molar-refractivity contribution is 7.85. The van der Waals surface area contributed by atoms with E-state index < -0.39 is 15.9 Å². The summed E-state index contributed by atoms with van der Waals surface area (Å²) in [7, 11) is -4.19. The van der Waals surface area contributed by atoms with Crippen LogP contribution in [0.15, 0.2) is 24.3 Å². The van der Waals surface area contributed by atoms with E-state index in [0.29, 0.717) is 5.75 Å². The summed E-state index contributed by atoms with van der Waals surface area (Å²) in [6.07, 6.45) is 5.98. The van der Waals surface area contributed by atoms with Gasteiger partial charge in [0, 0.05) is 0 Å². The van der Waals surface area contributed by atoms with Crippen LogP contribution in [0.25, 0.3) is 0 Å². The Balaban J connectivity index is 2.31. The van der Waals surface area contributed by atoms with E-state index in [9.17, 15) is 13.0 Å². The lowest BCUT2D eigenvalue weighted by Crippen LogP contribution is -2.12. The molecule has 4 nitrogen and oxygen atoms in total. The van der Waals surface area contributed by atoms with Crippen LogP contribution in [0.1, 0.15) is 38.2 Å². The first-order valence-corrected chi connectivity index (χ1v) is 8.24. The Morgan fingerprint density at radius 1 is 1.11 bits per heavy atom. The first kappa shape index (κ1) is 16.0. The van der Waals surface area contributed by atoms with E-state index >= 15 is 0 Å². The van der Waals surface area contributed by atoms with E-state index in [0.717, 1.165) is 6.42 Å². The van der Waals surface area contributed by atoms with E-state index in [2.05, 4.69) is 6.92 Å². The quantitative estimate of drug-likeness (QED) is 0.517. The van der Waals surface area contributed by atoms with Gasteiger partial charge in [0.1, 0.15) is 12.4 Å². The molecule has 0 saturated carbocycles. The molecule has 0 radical (unpaired) electrons. The van der Waals surface area contributed by atoms with Crippen LogP contribution in [0.3, 0.4) is 0 Å². The van der Waals surface area contributed by atoms with Crippen molar-refractivity contribution in [3.05, 3.63) is 29.8 Å². The molecule has 0 aliphatic carbocycles. The second-order valence-corrected chi connectivity index (χ2v) is 6.09. The van der Waals surface area contributed by atoms with E-state index in [1.54, 1.807) is 0 Å². The zero-order chi connectivity index (χ0) is 14.1. The van der Waals surface area contributed by atoms with Gasteiger partial charge in [-0.1, -0.05) is 38.3 Å². The molecule has 0 N–H and O–H groups in total. The third-order valence-electron chi connectivity index (χ3n) is 2.84. The van der Waals surface area contributed by atoms with E-state index in [1.165, 1.54) is 31.2 Å². The van der Waals surface area contributed by atoms with Gasteiger partial charge in [-0.15, -0.1) is 0 Å². The summed E-state index contributed by atoms with van der Waals surface area (Å²) in [6.45, 7) is 2.09. The molecule has 5 heteroatoms. The molecule has 0 bridgehead atoms. The molecule has 1 rings (SSSR count). The molecule has 108 valence electrons. The summed E-state index contributed by atoms with van der Waals surface area (Å²) in [5, 5.41) is 0. The highest BCUT2D eigenvalue weighted by Crippen LogP contribution is 2.14. The summed E-state index contributed by atoms with van der Waals surface area (Å²) in [5.74, 6) is 0.104. The van der Waals surface area contributed by atoms with Crippen LogP contribution < -0.4 is 4.74 Å². The normalized spacial score (nSPS) is 11.5. The summed E-state index contributed by atoms with van der Waals surface area (Å²) >= 11 is 0. The molecule has 0 aliphatic rings. The van der Waals surface area contributed by atoms with Crippen molar-refractivity contribution < 1.29 is 17.7 Å². The number of rotatable bonds is 9. The molecular formula is C14H21O4S-. The van der Waals surface area contributed by atoms with Crippen LogP contribution in [-0.4, -0.2) is 25.3 Å². The molecule has 0 aromatic heterocycles. The molecule has 0 aliphatic heterocycles. The number of hydrogen-bond acceptors (Lipinski definition) is 4. The molecule has 1 aromatic carbocycles. The van der Waals surface area contributed by atoms with Crippen molar-refractivity contribution in [3.8, 4) is 5.75 Å². The maximum Gasteiger partial charge on any atom is 0.119 e. The minimum atomic E-state index is -4.19. The predicted octanol–water partition coefficient (Wildman–Crippen LogP) is 2.73. The fraction of sp³-hybridized carbons (Fsp3) is 0.571. The minimum Gasteiger partial charge on any atom is -0.748 e. The van der Waals surface area contributed by atoms with Crippen molar-refractivity contribution in [1.82, 2.24) is 0 Å². The van der Waals surface area contributed by atoms with Gasteiger partial charge in [0.25, 0.3) is 0 Å². The highest BCUT2D eigenvalue weighted by Gasteiger charge is 1.99. The number of ether oxygens (including phenoxy) is 1. The molecule has 0 atom stereocenters. The molecule has 0 amide bonds. The third kappa shape index (κ3) is 7.85. The zero-order valence-corrected chi connectivity index (χ0v) is 12.1. The van der Waals surface area contributed by atoms with Gasteiger partial charge in [-0.05, 0) is 30.5 Å². The van der Waals surface area contributed by atoms with Crippen LogP contribution in [0.5, 0.6) is 5.75 Å². The highest BCUT2D eigenvalue weighted by atomic mass is 32.2. The largest absolute Gasteiger partial charge is 0.748 e. The Morgan fingerprint density at radius 2 is 1.79 bits per heavy atom. The van der Waals surface area contributed by atoms with Crippen molar-refractivity contribution in [3.63, 3.8) is 0 Å². The Hall–Kier alpha value is -1.07. The number of hydrogen-bond donors (Lipinski definition) is 0. The molecule has 0 saturated heterocycles. The summed E-state index contributed by atoms with van der Waals surface area (Å²) in [5.41, 5.74) is 1.25. The minimum absolute atomic E-state index is 0.0956. The molecule has 0 heterocycles. The number of aryl methyl sites for hydroxylation is 1. The van der Waals surface area contributed by atoms with Gasteiger partial charge in [-0.2, -0.15) is 0 Å². The van der Waals surface area contributed by atoms with Gasteiger partial charge in [0.05, 0.1) is 15.9 Å². The molecule has 19 heavy (non-hydrogen) atoms. The maximum absolute atomic E-state index is 10.4. The fourth-order valence-corrected chi connectivity index (χ4v) is 2.06. The first-order valence-electron chi connectivity index (χ1n) is 6.66. The van der Waals surface area contributed by atoms with Crippen LogP contribution in [0.2, 0.25) is 0 Å². The van der Waals surface area contributed by atoms with Crippen LogP contribution in [0.4, 0.5) is 0 Å². The summed E-state index contributed by atoms with van der Waals surface area (Å²) < 4.78 is 36.4. The topological polar surface area (TPSA) is 66.4 Å². The second-order valence-electron chi connectivity index (χ2n) is 4.56. The van der Waals surface area contributed by atoms with Crippen LogP contribution in [-0.2, 0) is 16.5 Å². The smallest absolute Gasteiger partial charge is 0.119 e. The van der Waals surface area contributed by atoms with Crippen molar-refractivity contribution in [2.24, 2.45) is 0 Å². The molecule has 0 unspecified atom stereocenters. The average Bonchev–Trinajstić information content (AvgIpc) is 2.35. The Morgan fingerprint density at radius 3 is 2.37 bits per heavy atom. The Bertz CT molecular complexity index is 451. The molecular weight excluding hydrogens is 264 g/mol. The summed E-state index contributed by atoms with van der Waals surface area (Å²) in [4.78, 5) is 0. The van der Waals surface area contributed by atoms with Gasteiger partial charge >= 0.3 is 0 Å². The van der Waals surface area contributed by atoms with Crippen molar-refractivity contribution in [2.45, 2.75) is 39.0 Å². The predicted molar refractivity (Wildman–Crippen MR) is 74.3 cm³/mol. The van der Waals surface area contributed by atoms with Gasteiger partial charge in [0.2, 0.25) is 0 Å². The zero-order valence-electron chi connectivity index (χ0n) is 11.3. The molecule has 1 aromatic rings. The molecule has 0 spiro atoms. The fourth-order valence-electron chi connectivity index (χ4n) is 1.77. The maximum atomic E-state index is 10.4. The van der Waals surface area contributed by atoms with E-state index in [-0.39, 0.29) is 6.61 Å². The van der Waals surface area contributed by atoms with Crippen LogP contribution in [0, 0.1) is 0 Å². The standard InChI is InChI=1S/C14H22O4S/c1-2-3-4-5-6-13-7-9-14(10-8-13)18-11-12-19(15,16)17/h7-10H,2-6,11-12H2,1H3,(H,15,16,17)/p-1. The average molecular weight is 285 g/mol. The number of benzene rings is 1. The first-order chi connectivity index (χ1) is 9.01. The Kier molecular flexibility index (Phi) is 6.87. The lowest BCUT2D eigenvalue weighted by molar-refractivity contribution is 0.334. The SMILES string of the molecule is CCCCCCc1ccc(OCCS(=O)(=O)[O-])cc1. The lowest BCUT2D eigenvalue weighted by atomic mass is 10.1. The van der Waals surface area contributed by atoms with E-state index in [4.69, 9.17) is 4.74 Å². The van der Waals surface area contributed by atoms with Crippen molar-refractivity contribution >= 4 is 10.1 Å². The lowest BCUT2D eigenvalue weighted by Gasteiger charge is -2.09.